The van der Waals surface area contributed by atoms with Crippen molar-refractivity contribution in [3.8, 4) is 0 Å². The second kappa shape index (κ2) is 6.59. The fourth-order valence-corrected chi connectivity index (χ4v) is 2.99. The molecule has 5 heteroatoms. The number of rotatable bonds is 4. The normalized spacial score (nSPS) is 19.0. The molecular weight excluding hydrogens is 265 g/mol. The molecule has 0 bridgehead atoms. The Morgan fingerprint density at radius 1 is 1.20 bits per heavy atom. The summed E-state index contributed by atoms with van der Waals surface area (Å²) in [5, 5.41) is 0. The topological polar surface area (TPSA) is 38.0 Å². The van der Waals surface area contributed by atoms with Crippen molar-refractivity contribution in [1.29, 1.82) is 0 Å². The van der Waals surface area contributed by atoms with Crippen LogP contribution in [0.3, 0.4) is 0 Å². The van der Waals surface area contributed by atoms with Crippen molar-refractivity contribution in [2.75, 3.05) is 0 Å². The van der Waals surface area contributed by atoms with Gasteiger partial charge in [0.1, 0.15) is 0 Å². The highest BCUT2D eigenvalue weighted by Gasteiger charge is 2.31. The minimum Gasteiger partial charge on any atom is -0.271 e. The Morgan fingerprint density at radius 3 is 2.50 bits per heavy atom. The van der Waals surface area contributed by atoms with Crippen LogP contribution in [-0.4, -0.2) is 0 Å². The third kappa shape index (κ3) is 3.96. The molecule has 0 amide bonds. The Bertz CT molecular complexity index is 425. The first-order valence-electron chi connectivity index (χ1n) is 7.14. The molecule has 1 aromatic rings. The molecule has 1 aliphatic carbocycles. The average molecular weight is 286 g/mol. The van der Waals surface area contributed by atoms with Crippen LogP contribution in [0.1, 0.15) is 55.7 Å². The molecule has 2 rings (SSSR count). The largest absolute Gasteiger partial charge is 0.416 e. The molecule has 3 N–H and O–H groups in total. The average Bonchev–Trinajstić information content (AvgIpc) is 2.45. The number of nitrogens with two attached hydrogens (primary N) is 1. The zero-order valence-electron chi connectivity index (χ0n) is 11.4. The summed E-state index contributed by atoms with van der Waals surface area (Å²) in [4.78, 5) is 0. The first kappa shape index (κ1) is 15.3. The van der Waals surface area contributed by atoms with Gasteiger partial charge in [0, 0.05) is 6.04 Å². The highest BCUT2D eigenvalue weighted by atomic mass is 19.4. The van der Waals surface area contributed by atoms with Crippen molar-refractivity contribution in [2.24, 2.45) is 11.8 Å². The van der Waals surface area contributed by atoms with Crippen molar-refractivity contribution < 1.29 is 13.2 Å². The van der Waals surface area contributed by atoms with E-state index in [0.717, 1.165) is 25.3 Å². The predicted octanol–water partition coefficient (Wildman–Crippen LogP) is 4.18. The highest BCUT2D eigenvalue weighted by Crippen LogP contribution is 2.34. The zero-order chi connectivity index (χ0) is 14.6. The molecule has 2 nitrogen and oxygen atoms in total. The fraction of sp³-hybridized carbons (Fsp3) is 0.600. The molecule has 0 spiro atoms. The Balaban J connectivity index is 2.10. The maximum atomic E-state index is 12.7. The van der Waals surface area contributed by atoms with Gasteiger partial charge in [-0.05, 0) is 30.0 Å². The van der Waals surface area contributed by atoms with E-state index in [0.29, 0.717) is 11.5 Å². The van der Waals surface area contributed by atoms with Gasteiger partial charge < -0.3 is 0 Å². The summed E-state index contributed by atoms with van der Waals surface area (Å²) in [6.07, 6.45) is 2.49. The van der Waals surface area contributed by atoms with Gasteiger partial charge in [-0.2, -0.15) is 13.2 Å². The third-order valence-electron chi connectivity index (χ3n) is 4.11. The Hall–Kier alpha value is -1.07. The Kier molecular flexibility index (Phi) is 5.05. The van der Waals surface area contributed by atoms with Gasteiger partial charge >= 0.3 is 6.18 Å². The van der Waals surface area contributed by atoms with E-state index in [-0.39, 0.29) is 6.04 Å². The van der Waals surface area contributed by atoms with Crippen LogP contribution in [0, 0.1) is 5.92 Å². The van der Waals surface area contributed by atoms with Gasteiger partial charge in [0.15, 0.2) is 0 Å². The number of alkyl halides is 3. The smallest absolute Gasteiger partial charge is 0.271 e. The van der Waals surface area contributed by atoms with Crippen LogP contribution in [-0.2, 0) is 6.18 Å². The van der Waals surface area contributed by atoms with E-state index in [2.05, 4.69) is 5.43 Å². The van der Waals surface area contributed by atoms with E-state index in [1.54, 1.807) is 6.07 Å². The Morgan fingerprint density at radius 2 is 1.90 bits per heavy atom. The molecule has 0 aliphatic heterocycles. The summed E-state index contributed by atoms with van der Waals surface area (Å²) in [5.41, 5.74) is 2.68. The van der Waals surface area contributed by atoms with Crippen molar-refractivity contribution in [3.63, 3.8) is 0 Å². The molecule has 1 unspecified atom stereocenters. The highest BCUT2D eigenvalue weighted by molar-refractivity contribution is 5.28. The van der Waals surface area contributed by atoms with E-state index >= 15 is 0 Å². The zero-order valence-corrected chi connectivity index (χ0v) is 11.4. The minimum atomic E-state index is -4.31. The molecule has 0 radical (unpaired) electrons. The molecule has 20 heavy (non-hydrogen) atoms. The molecule has 1 saturated carbocycles. The monoisotopic (exact) mass is 286 g/mol. The van der Waals surface area contributed by atoms with Crippen LogP contribution in [0.15, 0.2) is 24.3 Å². The van der Waals surface area contributed by atoms with E-state index in [9.17, 15) is 13.2 Å². The number of hydrogen-bond acceptors (Lipinski definition) is 2. The Labute approximate surface area is 117 Å². The predicted molar refractivity (Wildman–Crippen MR) is 72.7 cm³/mol. The SMILES string of the molecule is NNC(CC1CCCCC1)c1cccc(C(F)(F)F)c1. The molecule has 0 saturated heterocycles. The van der Waals surface area contributed by atoms with Crippen LogP contribution >= 0.6 is 0 Å². The van der Waals surface area contributed by atoms with Gasteiger partial charge in [-0.15, -0.1) is 0 Å². The lowest BCUT2D eigenvalue weighted by Gasteiger charge is -2.26. The lowest BCUT2D eigenvalue weighted by atomic mass is 9.83. The first-order valence-corrected chi connectivity index (χ1v) is 7.14. The molecule has 1 atom stereocenters. The third-order valence-corrected chi connectivity index (χ3v) is 4.11. The van der Waals surface area contributed by atoms with Gasteiger partial charge in [0.2, 0.25) is 0 Å². The molecule has 1 aliphatic rings. The lowest BCUT2D eigenvalue weighted by Crippen LogP contribution is -2.30. The number of nitrogens with one attached hydrogen (secondary N) is 1. The van der Waals surface area contributed by atoms with Gasteiger partial charge in [-0.1, -0.05) is 44.2 Å². The van der Waals surface area contributed by atoms with Crippen LogP contribution in [0.5, 0.6) is 0 Å². The van der Waals surface area contributed by atoms with Gasteiger partial charge in [-0.3, -0.25) is 11.3 Å². The summed E-state index contributed by atoms with van der Waals surface area (Å²) in [7, 11) is 0. The summed E-state index contributed by atoms with van der Waals surface area (Å²) >= 11 is 0. The molecule has 0 heterocycles. The summed E-state index contributed by atoms with van der Waals surface area (Å²) in [6.45, 7) is 0. The molecule has 0 aromatic heterocycles. The molecule has 112 valence electrons. The maximum absolute atomic E-state index is 12.7. The van der Waals surface area contributed by atoms with E-state index in [4.69, 9.17) is 5.84 Å². The number of hydrazine groups is 1. The number of halogens is 3. The quantitative estimate of drug-likeness (QED) is 0.643. The van der Waals surface area contributed by atoms with E-state index < -0.39 is 11.7 Å². The van der Waals surface area contributed by atoms with Crippen molar-refractivity contribution >= 4 is 0 Å². The van der Waals surface area contributed by atoms with Gasteiger partial charge in [0.05, 0.1) is 5.56 Å². The van der Waals surface area contributed by atoms with E-state index in [1.807, 2.05) is 0 Å². The molecular formula is C15H21F3N2. The van der Waals surface area contributed by atoms with Crippen molar-refractivity contribution in [2.45, 2.75) is 50.7 Å². The van der Waals surface area contributed by atoms with Crippen molar-refractivity contribution in [3.05, 3.63) is 35.4 Å². The second-order valence-corrected chi connectivity index (χ2v) is 5.58. The molecule has 1 aromatic carbocycles. The van der Waals surface area contributed by atoms with Crippen LogP contribution in [0.25, 0.3) is 0 Å². The number of hydrogen-bond donors (Lipinski definition) is 2. The minimum absolute atomic E-state index is 0.208. The molecule has 1 fully saturated rings. The van der Waals surface area contributed by atoms with Crippen LogP contribution in [0.4, 0.5) is 13.2 Å². The van der Waals surface area contributed by atoms with Crippen molar-refractivity contribution in [1.82, 2.24) is 5.43 Å². The van der Waals surface area contributed by atoms with Crippen LogP contribution < -0.4 is 11.3 Å². The fourth-order valence-electron chi connectivity index (χ4n) is 2.99. The van der Waals surface area contributed by atoms with E-state index in [1.165, 1.54) is 31.4 Å². The van der Waals surface area contributed by atoms with Gasteiger partial charge in [-0.25, -0.2) is 0 Å². The maximum Gasteiger partial charge on any atom is 0.416 e. The first-order chi connectivity index (χ1) is 9.50. The summed E-state index contributed by atoms with van der Waals surface area (Å²) in [5.74, 6) is 6.10. The number of benzene rings is 1. The summed E-state index contributed by atoms with van der Waals surface area (Å²) < 4.78 is 38.2. The lowest BCUT2D eigenvalue weighted by molar-refractivity contribution is -0.137. The summed E-state index contributed by atoms with van der Waals surface area (Å²) in [6, 6.07) is 5.25. The van der Waals surface area contributed by atoms with Gasteiger partial charge in [0.25, 0.3) is 0 Å². The standard InChI is InChI=1S/C15H21F3N2/c16-15(17,18)13-8-4-7-12(10-13)14(20-19)9-11-5-2-1-3-6-11/h4,7-8,10-11,14,20H,1-3,5-6,9,19H2. The van der Waals surface area contributed by atoms with Crippen LogP contribution in [0.2, 0.25) is 0 Å². The second-order valence-electron chi connectivity index (χ2n) is 5.58.